The van der Waals surface area contributed by atoms with Crippen molar-refractivity contribution in [3.05, 3.63) is 0 Å². The van der Waals surface area contributed by atoms with Crippen LogP contribution in [0, 0.1) is 11.8 Å². The first kappa shape index (κ1) is 19.1. The third-order valence-electron chi connectivity index (χ3n) is 4.13. The van der Waals surface area contributed by atoms with Crippen LogP contribution in [0.15, 0.2) is 4.99 Å². The number of ketones is 1. The summed E-state index contributed by atoms with van der Waals surface area (Å²) in [4.78, 5) is 16.2. The Balaban J connectivity index is 4.58. The number of aliphatic imine (C=N–C) groups is 1. The number of carbonyl (C=O) groups is 1. The zero-order chi connectivity index (χ0) is 15.5. The summed E-state index contributed by atoms with van der Waals surface area (Å²) in [6.07, 6.45) is 7.84. The average molecular weight is 282 g/mol. The van der Waals surface area contributed by atoms with Gasteiger partial charge in [0.15, 0.2) is 5.78 Å². The van der Waals surface area contributed by atoms with Crippen molar-refractivity contribution < 1.29 is 4.79 Å². The fourth-order valence-electron chi connectivity index (χ4n) is 2.52. The number of Topliss-reactive ketones (excluding diaryl/α,β-unsaturated/α-hetero) is 1. The van der Waals surface area contributed by atoms with E-state index in [0.717, 1.165) is 25.2 Å². The molecule has 0 aromatic heterocycles. The maximum Gasteiger partial charge on any atom is 0.154 e. The summed E-state index contributed by atoms with van der Waals surface area (Å²) < 4.78 is 0. The standard InChI is InChI=1S/C17H34N2O/c1-6-9-15(10-7-2)11-12-16(14(5)20)19-17(18)13(4)8-3/h13,15-16H,6-12H2,1-5H3,(H2,18,19). The van der Waals surface area contributed by atoms with E-state index >= 15 is 0 Å². The molecule has 0 heterocycles. The molecule has 2 N–H and O–H groups in total. The summed E-state index contributed by atoms with van der Waals surface area (Å²) in [6.45, 7) is 10.2. The molecule has 0 amide bonds. The van der Waals surface area contributed by atoms with E-state index in [1.54, 1.807) is 6.92 Å². The van der Waals surface area contributed by atoms with Gasteiger partial charge in [0.05, 0.1) is 5.84 Å². The first-order valence-corrected chi connectivity index (χ1v) is 8.29. The van der Waals surface area contributed by atoms with Gasteiger partial charge in [0, 0.05) is 5.92 Å². The lowest BCUT2D eigenvalue weighted by atomic mass is 9.91. The van der Waals surface area contributed by atoms with Gasteiger partial charge in [-0.3, -0.25) is 9.79 Å². The SMILES string of the molecule is CCCC(CCC)CCC(N=C(N)C(C)CC)C(C)=O. The number of hydrogen-bond acceptors (Lipinski definition) is 2. The topological polar surface area (TPSA) is 55.4 Å². The Morgan fingerprint density at radius 2 is 1.60 bits per heavy atom. The van der Waals surface area contributed by atoms with Crippen LogP contribution in [0.2, 0.25) is 0 Å². The third kappa shape index (κ3) is 7.66. The number of nitrogens with two attached hydrogens (primary N) is 1. The van der Waals surface area contributed by atoms with E-state index < -0.39 is 0 Å². The van der Waals surface area contributed by atoms with Crippen LogP contribution in [0.3, 0.4) is 0 Å². The normalized spacial score (nSPS) is 15.4. The Morgan fingerprint density at radius 1 is 1.05 bits per heavy atom. The Kier molecular flexibility index (Phi) is 10.4. The monoisotopic (exact) mass is 282 g/mol. The van der Waals surface area contributed by atoms with E-state index in [0.29, 0.717) is 5.84 Å². The van der Waals surface area contributed by atoms with Gasteiger partial charge in [-0.2, -0.15) is 0 Å². The maximum absolute atomic E-state index is 11.8. The highest BCUT2D eigenvalue weighted by molar-refractivity contribution is 5.88. The van der Waals surface area contributed by atoms with E-state index in [9.17, 15) is 4.79 Å². The van der Waals surface area contributed by atoms with Crippen molar-refractivity contribution in [3.8, 4) is 0 Å². The molecule has 0 saturated heterocycles. The van der Waals surface area contributed by atoms with Crippen molar-refractivity contribution >= 4 is 11.6 Å². The predicted molar refractivity (Wildman–Crippen MR) is 88.1 cm³/mol. The lowest BCUT2D eigenvalue weighted by Gasteiger charge is -2.18. The second kappa shape index (κ2) is 10.9. The number of nitrogens with zero attached hydrogens (tertiary/aromatic N) is 1. The summed E-state index contributed by atoms with van der Waals surface area (Å²) in [5, 5.41) is 0. The molecular formula is C17H34N2O. The van der Waals surface area contributed by atoms with E-state index in [1.807, 2.05) is 0 Å². The summed E-state index contributed by atoms with van der Waals surface area (Å²) in [6, 6.07) is -0.236. The van der Waals surface area contributed by atoms with E-state index in [4.69, 9.17) is 5.73 Å². The van der Waals surface area contributed by atoms with E-state index in [1.165, 1.54) is 25.7 Å². The van der Waals surface area contributed by atoms with Crippen molar-refractivity contribution in [2.75, 3.05) is 0 Å². The van der Waals surface area contributed by atoms with Gasteiger partial charge >= 0.3 is 0 Å². The summed E-state index contributed by atoms with van der Waals surface area (Å²) in [7, 11) is 0. The zero-order valence-corrected chi connectivity index (χ0v) is 14.1. The molecule has 3 nitrogen and oxygen atoms in total. The van der Waals surface area contributed by atoms with E-state index in [2.05, 4.69) is 32.7 Å². The van der Waals surface area contributed by atoms with Crippen LogP contribution < -0.4 is 5.73 Å². The Morgan fingerprint density at radius 3 is 2.00 bits per heavy atom. The molecule has 0 fully saturated rings. The minimum atomic E-state index is -0.236. The molecule has 20 heavy (non-hydrogen) atoms. The highest BCUT2D eigenvalue weighted by Crippen LogP contribution is 2.21. The molecule has 2 unspecified atom stereocenters. The Hall–Kier alpha value is -0.860. The molecule has 0 bridgehead atoms. The first-order chi connectivity index (χ1) is 9.46. The molecule has 0 aliphatic carbocycles. The van der Waals surface area contributed by atoms with Crippen LogP contribution in [0.5, 0.6) is 0 Å². The molecule has 0 aliphatic rings. The van der Waals surface area contributed by atoms with Crippen molar-refractivity contribution in [1.82, 2.24) is 0 Å². The predicted octanol–water partition coefficient (Wildman–Crippen LogP) is 4.34. The summed E-state index contributed by atoms with van der Waals surface area (Å²) in [5.41, 5.74) is 5.99. The van der Waals surface area contributed by atoms with Gasteiger partial charge in [-0.1, -0.05) is 53.4 Å². The van der Waals surface area contributed by atoms with Gasteiger partial charge in [0.2, 0.25) is 0 Å². The highest BCUT2D eigenvalue weighted by atomic mass is 16.1. The van der Waals surface area contributed by atoms with Gasteiger partial charge in [-0.15, -0.1) is 0 Å². The van der Waals surface area contributed by atoms with Gasteiger partial charge in [0.1, 0.15) is 6.04 Å². The summed E-state index contributed by atoms with van der Waals surface area (Å²) >= 11 is 0. The van der Waals surface area contributed by atoms with Crippen molar-refractivity contribution in [3.63, 3.8) is 0 Å². The molecule has 0 rings (SSSR count). The van der Waals surface area contributed by atoms with Gasteiger partial charge in [-0.05, 0) is 32.1 Å². The van der Waals surface area contributed by atoms with Crippen molar-refractivity contribution in [1.29, 1.82) is 0 Å². The lowest BCUT2D eigenvalue weighted by molar-refractivity contribution is -0.118. The Labute approximate surface area is 125 Å². The molecule has 2 atom stereocenters. The fourth-order valence-corrected chi connectivity index (χ4v) is 2.52. The molecule has 0 aliphatic heterocycles. The fraction of sp³-hybridized carbons (Fsp3) is 0.882. The van der Waals surface area contributed by atoms with Crippen LogP contribution in [-0.4, -0.2) is 17.7 Å². The third-order valence-corrected chi connectivity index (χ3v) is 4.13. The van der Waals surface area contributed by atoms with Crippen molar-refractivity contribution in [2.24, 2.45) is 22.6 Å². The van der Waals surface area contributed by atoms with Crippen LogP contribution >= 0.6 is 0 Å². The molecule has 0 radical (unpaired) electrons. The quantitative estimate of drug-likeness (QED) is 0.452. The molecule has 0 saturated carbocycles. The van der Waals surface area contributed by atoms with Gasteiger partial charge in [0.25, 0.3) is 0 Å². The van der Waals surface area contributed by atoms with Gasteiger partial charge < -0.3 is 5.73 Å². The minimum Gasteiger partial charge on any atom is -0.387 e. The number of carbonyl (C=O) groups excluding carboxylic acids is 1. The molecule has 0 spiro atoms. The lowest BCUT2D eigenvalue weighted by Crippen LogP contribution is -2.27. The molecule has 3 heteroatoms. The minimum absolute atomic E-state index is 0.142. The molecule has 118 valence electrons. The number of hydrogen-bond donors (Lipinski definition) is 1. The highest BCUT2D eigenvalue weighted by Gasteiger charge is 2.17. The van der Waals surface area contributed by atoms with E-state index in [-0.39, 0.29) is 17.7 Å². The Bertz CT molecular complexity index is 293. The molecular weight excluding hydrogens is 248 g/mol. The first-order valence-electron chi connectivity index (χ1n) is 8.29. The second-order valence-corrected chi connectivity index (χ2v) is 6.01. The van der Waals surface area contributed by atoms with Gasteiger partial charge in [-0.25, -0.2) is 0 Å². The van der Waals surface area contributed by atoms with Crippen LogP contribution in [-0.2, 0) is 4.79 Å². The van der Waals surface area contributed by atoms with Crippen LogP contribution in [0.4, 0.5) is 0 Å². The largest absolute Gasteiger partial charge is 0.387 e. The van der Waals surface area contributed by atoms with Crippen LogP contribution in [0.1, 0.15) is 79.6 Å². The smallest absolute Gasteiger partial charge is 0.154 e. The number of amidine groups is 1. The average Bonchev–Trinajstić information content (AvgIpc) is 2.42. The second-order valence-electron chi connectivity index (χ2n) is 6.01. The van der Waals surface area contributed by atoms with Crippen molar-refractivity contribution in [2.45, 2.75) is 85.6 Å². The maximum atomic E-state index is 11.8. The molecule has 0 aromatic rings. The summed E-state index contributed by atoms with van der Waals surface area (Å²) in [5.74, 6) is 1.77. The van der Waals surface area contributed by atoms with Crippen LogP contribution in [0.25, 0.3) is 0 Å². The number of rotatable bonds is 11. The molecule has 0 aromatic carbocycles. The zero-order valence-electron chi connectivity index (χ0n) is 14.1.